The maximum atomic E-state index is 13.1. The molecule has 2 aromatic rings. The van der Waals surface area contributed by atoms with Crippen molar-refractivity contribution in [1.29, 1.82) is 0 Å². The van der Waals surface area contributed by atoms with Crippen molar-refractivity contribution in [3.05, 3.63) is 47.8 Å². The topological polar surface area (TPSA) is 58.3 Å². The minimum Gasteiger partial charge on any atom is -0.354 e. The van der Waals surface area contributed by atoms with Gasteiger partial charge in [0.2, 0.25) is 0 Å². The Morgan fingerprint density at radius 2 is 2.11 bits per heavy atom. The molecule has 2 rings (SSSR count). The molecule has 27 heavy (non-hydrogen) atoms. The lowest BCUT2D eigenvalue weighted by molar-refractivity contribution is 0.470. The third-order valence-corrected chi connectivity index (χ3v) is 4.81. The summed E-state index contributed by atoms with van der Waals surface area (Å²) in [5.41, 5.74) is 1.05. The van der Waals surface area contributed by atoms with E-state index in [0.717, 1.165) is 55.6 Å². The Balaban J connectivity index is 1.95. The van der Waals surface area contributed by atoms with E-state index in [9.17, 15) is 4.39 Å². The molecular formula is C19H29FN6S. The molecule has 0 aliphatic rings. The average Bonchev–Trinajstić information content (AvgIpc) is 3.13. The number of halogens is 1. The summed E-state index contributed by atoms with van der Waals surface area (Å²) < 4.78 is 15.2. The van der Waals surface area contributed by atoms with Crippen molar-refractivity contribution >= 4 is 17.7 Å². The Bertz CT molecular complexity index is 700. The Morgan fingerprint density at radius 3 is 2.81 bits per heavy atom. The van der Waals surface area contributed by atoms with Gasteiger partial charge in [0.15, 0.2) is 5.96 Å². The first kappa shape index (κ1) is 21.2. The second kappa shape index (κ2) is 11.6. The number of hydrogen-bond donors (Lipinski definition) is 1. The molecule has 0 saturated carbocycles. The Kier molecular flexibility index (Phi) is 9.10. The fourth-order valence-corrected chi connectivity index (χ4v) is 3.09. The van der Waals surface area contributed by atoms with Crippen LogP contribution in [0.2, 0.25) is 0 Å². The van der Waals surface area contributed by atoms with Gasteiger partial charge in [0.1, 0.15) is 18.0 Å². The second-order valence-corrected chi connectivity index (χ2v) is 7.24. The lowest BCUT2D eigenvalue weighted by atomic mass is 10.2. The molecule has 0 amide bonds. The molecule has 0 aliphatic carbocycles. The minimum absolute atomic E-state index is 0.217. The van der Waals surface area contributed by atoms with Crippen molar-refractivity contribution in [3.63, 3.8) is 0 Å². The van der Waals surface area contributed by atoms with Crippen LogP contribution in [0.15, 0.2) is 35.6 Å². The van der Waals surface area contributed by atoms with E-state index in [-0.39, 0.29) is 5.82 Å². The third kappa shape index (κ3) is 7.21. The molecular weight excluding hydrogens is 363 g/mol. The average molecular weight is 393 g/mol. The quantitative estimate of drug-likeness (QED) is 0.383. The molecule has 6 nitrogen and oxygen atoms in total. The lowest BCUT2D eigenvalue weighted by Crippen LogP contribution is -2.40. The number of hydrogen-bond acceptors (Lipinski definition) is 4. The van der Waals surface area contributed by atoms with Gasteiger partial charge < -0.3 is 14.8 Å². The molecule has 8 heteroatoms. The smallest absolute Gasteiger partial charge is 0.194 e. The fourth-order valence-electron chi connectivity index (χ4n) is 2.67. The first-order valence-corrected chi connectivity index (χ1v) is 10.6. The summed E-state index contributed by atoms with van der Waals surface area (Å²) in [6.45, 7) is 5.04. The van der Waals surface area contributed by atoms with Crippen LogP contribution in [-0.2, 0) is 19.5 Å². The van der Waals surface area contributed by atoms with Crippen LogP contribution in [0, 0.1) is 5.82 Å². The molecule has 0 bridgehead atoms. The predicted molar refractivity (Wildman–Crippen MR) is 111 cm³/mol. The maximum absolute atomic E-state index is 13.1. The molecule has 0 atom stereocenters. The standard InChI is InChI=1S/C19H29FN6S/c1-4-18-24-23-15-26(18)12-11-22-19(21-10-5-13-27-3)25(2)14-16-6-8-17(20)9-7-16/h6-9,15H,4-5,10-14H2,1-3H3,(H,21,22). The first-order valence-electron chi connectivity index (χ1n) is 9.23. The molecule has 1 aromatic carbocycles. The summed E-state index contributed by atoms with van der Waals surface area (Å²) in [5.74, 6) is 2.71. The van der Waals surface area contributed by atoms with Gasteiger partial charge in [0, 0.05) is 39.6 Å². The number of aliphatic imine (C=N–C) groups is 1. The Hall–Kier alpha value is -2.09. The summed E-state index contributed by atoms with van der Waals surface area (Å²) >= 11 is 1.83. The zero-order valence-electron chi connectivity index (χ0n) is 16.4. The molecule has 0 saturated heterocycles. The van der Waals surface area contributed by atoms with E-state index >= 15 is 0 Å². The van der Waals surface area contributed by atoms with Gasteiger partial charge in [-0.3, -0.25) is 4.99 Å². The van der Waals surface area contributed by atoms with Crippen LogP contribution < -0.4 is 5.32 Å². The van der Waals surface area contributed by atoms with Gasteiger partial charge in [-0.2, -0.15) is 11.8 Å². The number of nitrogens with zero attached hydrogens (tertiary/aromatic N) is 5. The minimum atomic E-state index is -0.217. The Morgan fingerprint density at radius 1 is 1.33 bits per heavy atom. The fraction of sp³-hybridized carbons (Fsp3) is 0.526. The zero-order chi connectivity index (χ0) is 19.5. The molecule has 0 fully saturated rings. The van der Waals surface area contributed by atoms with Crippen LogP contribution >= 0.6 is 11.8 Å². The third-order valence-electron chi connectivity index (χ3n) is 4.11. The lowest BCUT2D eigenvalue weighted by Gasteiger charge is -2.23. The molecule has 0 aliphatic heterocycles. The summed E-state index contributed by atoms with van der Waals surface area (Å²) in [6.07, 6.45) is 5.77. The zero-order valence-corrected chi connectivity index (χ0v) is 17.2. The van der Waals surface area contributed by atoms with Crippen molar-refractivity contribution in [2.45, 2.75) is 32.9 Å². The number of benzene rings is 1. The molecule has 0 unspecified atom stereocenters. The van der Waals surface area contributed by atoms with E-state index in [4.69, 9.17) is 4.99 Å². The molecule has 1 aromatic heterocycles. The van der Waals surface area contributed by atoms with Gasteiger partial charge >= 0.3 is 0 Å². The van der Waals surface area contributed by atoms with Gasteiger partial charge in [0.25, 0.3) is 0 Å². The van der Waals surface area contributed by atoms with Crippen molar-refractivity contribution in [1.82, 2.24) is 25.0 Å². The van der Waals surface area contributed by atoms with Crippen LogP contribution in [0.25, 0.3) is 0 Å². The number of thioether (sulfide) groups is 1. The highest BCUT2D eigenvalue weighted by Crippen LogP contribution is 2.06. The van der Waals surface area contributed by atoms with Gasteiger partial charge in [-0.1, -0.05) is 19.1 Å². The van der Waals surface area contributed by atoms with Crippen LogP contribution in [0.3, 0.4) is 0 Å². The summed E-state index contributed by atoms with van der Waals surface area (Å²) in [5, 5.41) is 11.5. The Labute approximate surface area is 165 Å². The number of rotatable bonds is 10. The highest BCUT2D eigenvalue weighted by molar-refractivity contribution is 7.98. The van der Waals surface area contributed by atoms with Gasteiger partial charge in [-0.05, 0) is 36.1 Å². The number of nitrogens with one attached hydrogen (secondary N) is 1. The van der Waals surface area contributed by atoms with E-state index < -0.39 is 0 Å². The van der Waals surface area contributed by atoms with Crippen LogP contribution in [0.4, 0.5) is 4.39 Å². The number of guanidine groups is 1. The van der Waals surface area contributed by atoms with Crippen molar-refractivity contribution in [2.24, 2.45) is 4.99 Å². The largest absolute Gasteiger partial charge is 0.354 e. The van der Waals surface area contributed by atoms with E-state index in [1.54, 1.807) is 6.33 Å². The van der Waals surface area contributed by atoms with E-state index in [1.165, 1.54) is 12.1 Å². The SMILES string of the molecule is CCc1nncn1CCNC(=NCCCSC)N(C)Cc1ccc(F)cc1. The van der Waals surface area contributed by atoms with Gasteiger partial charge in [0.05, 0.1) is 0 Å². The van der Waals surface area contributed by atoms with Crippen LogP contribution in [-0.4, -0.2) is 57.8 Å². The van der Waals surface area contributed by atoms with E-state index in [0.29, 0.717) is 6.54 Å². The van der Waals surface area contributed by atoms with Crippen molar-refractivity contribution in [3.8, 4) is 0 Å². The highest BCUT2D eigenvalue weighted by atomic mass is 32.2. The number of aryl methyl sites for hydroxylation is 1. The number of aromatic nitrogens is 3. The van der Waals surface area contributed by atoms with Crippen LogP contribution in [0.1, 0.15) is 24.7 Å². The normalized spacial score (nSPS) is 11.6. The van der Waals surface area contributed by atoms with Crippen molar-refractivity contribution in [2.75, 3.05) is 32.1 Å². The summed E-state index contributed by atoms with van der Waals surface area (Å²) in [4.78, 5) is 6.81. The molecule has 0 spiro atoms. The van der Waals surface area contributed by atoms with E-state index in [2.05, 4.69) is 38.2 Å². The first-order chi connectivity index (χ1) is 13.1. The van der Waals surface area contributed by atoms with Crippen molar-refractivity contribution < 1.29 is 4.39 Å². The highest BCUT2D eigenvalue weighted by Gasteiger charge is 2.08. The summed E-state index contributed by atoms with van der Waals surface area (Å²) in [6, 6.07) is 6.60. The molecule has 148 valence electrons. The van der Waals surface area contributed by atoms with Gasteiger partial charge in [-0.15, -0.1) is 10.2 Å². The monoisotopic (exact) mass is 392 g/mol. The summed E-state index contributed by atoms with van der Waals surface area (Å²) in [7, 11) is 2.00. The maximum Gasteiger partial charge on any atom is 0.194 e. The van der Waals surface area contributed by atoms with Gasteiger partial charge in [-0.25, -0.2) is 4.39 Å². The predicted octanol–water partition coefficient (Wildman–Crippen LogP) is 2.81. The van der Waals surface area contributed by atoms with E-state index in [1.807, 2.05) is 30.9 Å². The van der Waals surface area contributed by atoms with Crippen LogP contribution in [0.5, 0.6) is 0 Å². The molecule has 1 N–H and O–H groups in total. The molecule has 0 radical (unpaired) electrons. The molecule has 1 heterocycles. The second-order valence-electron chi connectivity index (χ2n) is 6.26.